The molecule has 2 aromatic rings. The Morgan fingerprint density at radius 2 is 1.72 bits per heavy atom. The molecule has 94 valence electrons. The van der Waals surface area contributed by atoms with Crippen LogP contribution in [0, 0.1) is 0 Å². The molecular formula is C16H19NO. The Labute approximate surface area is 108 Å². The van der Waals surface area contributed by atoms with Crippen molar-refractivity contribution in [3.05, 3.63) is 54.9 Å². The third kappa shape index (κ3) is 2.83. The van der Waals surface area contributed by atoms with Gasteiger partial charge in [0.25, 0.3) is 0 Å². The molecule has 2 rings (SSSR count). The van der Waals surface area contributed by atoms with Crippen molar-refractivity contribution in [2.45, 2.75) is 13.8 Å². The number of hydrogen-bond donors (Lipinski definition) is 0. The van der Waals surface area contributed by atoms with Gasteiger partial charge in [-0.1, -0.05) is 36.4 Å². The zero-order valence-electron chi connectivity index (χ0n) is 11.0. The molecule has 0 N–H and O–H groups in total. The van der Waals surface area contributed by atoms with Crippen LogP contribution in [0.3, 0.4) is 0 Å². The topological polar surface area (TPSA) is 12.5 Å². The summed E-state index contributed by atoms with van der Waals surface area (Å²) < 4.78 is 5.73. The molecule has 0 atom stereocenters. The van der Waals surface area contributed by atoms with Gasteiger partial charge in [-0.15, -0.1) is 0 Å². The van der Waals surface area contributed by atoms with E-state index in [-0.39, 0.29) is 0 Å². The quantitative estimate of drug-likeness (QED) is 0.733. The molecule has 0 aliphatic carbocycles. The maximum absolute atomic E-state index is 5.73. The lowest BCUT2D eigenvalue weighted by atomic mass is 10.1. The van der Waals surface area contributed by atoms with E-state index in [0.717, 1.165) is 24.2 Å². The Kier molecular flexibility index (Phi) is 4.24. The van der Waals surface area contributed by atoms with Gasteiger partial charge in [0.15, 0.2) is 0 Å². The number of ether oxygens (including phenoxy) is 1. The predicted molar refractivity (Wildman–Crippen MR) is 76.6 cm³/mol. The van der Waals surface area contributed by atoms with E-state index < -0.39 is 0 Å². The molecule has 2 nitrogen and oxygen atoms in total. The zero-order valence-corrected chi connectivity index (χ0v) is 11.0. The molecule has 2 aromatic carbocycles. The molecule has 0 saturated heterocycles. The van der Waals surface area contributed by atoms with E-state index in [1.165, 1.54) is 5.39 Å². The highest BCUT2D eigenvalue weighted by atomic mass is 16.5. The standard InChI is InChI=1S/C16H19NO/c1-3-17(4-2)12-13-18-16-11-7-9-14-8-5-6-10-15(14)16/h5-13H,3-4H2,1-2H3. The van der Waals surface area contributed by atoms with Gasteiger partial charge in [-0.3, -0.25) is 0 Å². The Morgan fingerprint density at radius 3 is 2.50 bits per heavy atom. The van der Waals surface area contributed by atoms with Gasteiger partial charge in [0.05, 0.1) is 0 Å². The van der Waals surface area contributed by atoms with Crippen LogP contribution in [-0.4, -0.2) is 18.0 Å². The van der Waals surface area contributed by atoms with Crippen molar-refractivity contribution in [2.75, 3.05) is 13.1 Å². The summed E-state index contributed by atoms with van der Waals surface area (Å²) in [5, 5.41) is 2.34. The first-order chi connectivity index (χ1) is 8.85. The zero-order chi connectivity index (χ0) is 12.8. The Bertz CT molecular complexity index is 524. The molecule has 0 radical (unpaired) electrons. The van der Waals surface area contributed by atoms with Crippen LogP contribution in [0.5, 0.6) is 5.75 Å². The van der Waals surface area contributed by atoms with Gasteiger partial charge >= 0.3 is 0 Å². The fourth-order valence-corrected chi connectivity index (χ4v) is 1.92. The average Bonchev–Trinajstić information content (AvgIpc) is 2.44. The van der Waals surface area contributed by atoms with Gasteiger partial charge in [0.2, 0.25) is 0 Å². The van der Waals surface area contributed by atoms with E-state index in [1.807, 2.05) is 30.5 Å². The summed E-state index contributed by atoms with van der Waals surface area (Å²) in [5.41, 5.74) is 0. The smallest absolute Gasteiger partial charge is 0.134 e. The second-order valence-electron chi connectivity index (χ2n) is 4.10. The summed E-state index contributed by atoms with van der Waals surface area (Å²) in [5.74, 6) is 0.900. The number of nitrogens with zero attached hydrogens (tertiary/aromatic N) is 1. The number of benzene rings is 2. The monoisotopic (exact) mass is 241 g/mol. The number of rotatable bonds is 5. The van der Waals surface area contributed by atoms with Crippen molar-refractivity contribution in [3.8, 4) is 5.75 Å². The Morgan fingerprint density at radius 1 is 1.00 bits per heavy atom. The fourth-order valence-electron chi connectivity index (χ4n) is 1.92. The van der Waals surface area contributed by atoms with Gasteiger partial charge in [-0.05, 0) is 25.3 Å². The van der Waals surface area contributed by atoms with Gasteiger partial charge in [-0.2, -0.15) is 0 Å². The van der Waals surface area contributed by atoms with Crippen molar-refractivity contribution < 1.29 is 4.74 Å². The third-order valence-electron chi connectivity index (χ3n) is 3.03. The largest absolute Gasteiger partial charge is 0.463 e. The van der Waals surface area contributed by atoms with E-state index in [2.05, 4.69) is 36.9 Å². The van der Waals surface area contributed by atoms with Gasteiger partial charge in [-0.25, -0.2) is 0 Å². The summed E-state index contributed by atoms with van der Waals surface area (Å²) in [4.78, 5) is 2.19. The molecule has 2 heteroatoms. The number of hydrogen-bond acceptors (Lipinski definition) is 2. The van der Waals surface area contributed by atoms with Crippen LogP contribution in [0.2, 0.25) is 0 Å². The maximum atomic E-state index is 5.73. The first-order valence-corrected chi connectivity index (χ1v) is 6.40. The molecule has 18 heavy (non-hydrogen) atoms. The van der Waals surface area contributed by atoms with Crippen molar-refractivity contribution in [1.29, 1.82) is 0 Å². The van der Waals surface area contributed by atoms with Crippen LogP contribution in [0.15, 0.2) is 54.9 Å². The Balaban J connectivity index is 2.17. The molecule has 0 saturated carbocycles. The average molecular weight is 241 g/mol. The van der Waals surface area contributed by atoms with Crippen LogP contribution in [0.25, 0.3) is 10.8 Å². The molecular weight excluding hydrogens is 222 g/mol. The summed E-state index contributed by atoms with van der Waals surface area (Å²) >= 11 is 0. The van der Waals surface area contributed by atoms with Crippen LogP contribution in [-0.2, 0) is 0 Å². The molecule has 0 spiro atoms. The second-order valence-corrected chi connectivity index (χ2v) is 4.10. The molecule has 0 unspecified atom stereocenters. The third-order valence-corrected chi connectivity index (χ3v) is 3.03. The van der Waals surface area contributed by atoms with Crippen molar-refractivity contribution >= 4 is 10.8 Å². The van der Waals surface area contributed by atoms with Crippen LogP contribution < -0.4 is 4.74 Å². The molecule has 0 bridgehead atoms. The summed E-state index contributed by atoms with van der Waals surface area (Å²) in [6.45, 7) is 6.25. The van der Waals surface area contributed by atoms with Gasteiger partial charge in [0.1, 0.15) is 12.0 Å². The summed E-state index contributed by atoms with van der Waals surface area (Å²) in [7, 11) is 0. The minimum absolute atomic E-state index is 0.900. The Hall–Kier alpha value is -1.96. The molecule has 0 amide bonds. The van der Waals surface area contributed by atoms with E-state index in [0.29, 0.717) is 0 Å². The first-order valence-electron chi connectivity index (χ1n) is 6.40. The number of fused-ring (bicyclic) bond motifs is 1. The van der Waals surface area contributed by atoms with E-state index >= 15 is 0 Å². The molecule has 0 aromatic heterocycles. The van der Waals surface area contributed by atoms with E-state index in [9.17, 15) is 0 Å². The predicted octanol–water partition coefficient (Wildman–Crippen LogP) is 4.03. The molecule has 0 fully saturated rings. The van der Waals surface area contributed by atoms with Crippen molar-refractivity contribution in [2.24, 2.45) is 0 Å². The van der Waals surface area contributed by atoms with Crippen LogP contribution in [0.4, 0.5) is 0 Å². The lowest BCUT2D eigenvalue weighted by molar-refractivity contribution is 0.393. The van der Waals surface area contributed by atoms with Gasteiger partial charge in [0, 0.05) is 24.7 Å². The minimum atomic E-state index is 0.900. The maximum Gasteiger partial charge on any atom is 0.134 e. The minimum Gasteiger partial charge on any atom is -0.463 e. The first kappa shape index (κ1) is 12.5. The molecule has 0 aliphatic rings. The highest BCUT2D eigenvalue weighted by Gasteiger charge is 1.99. The van der Waals surface area contributed by atoms with Crippen LogP contribution >= 0.6 is 0 Å². The van der Waals surface area contributed by atoms with Crippen molar-refractivity contribution in [3.63, 3.8) is 0 Å². The van der Waals surface area contributed by atoms with Crippen molar-refractivity contribution in [1.82, 2.24) is 4.90 Å². The second kappa shape index (κ2) is 6.10. The van der Waals surface area contributed by atoms with Crippen LogP contribution in [0.1, 0.15) is 13.8 Å². The fraction of sp³-hybridized carbons (Fsp3) is 0.250. The molecule has 0 heterocycles. The molecule has 0 aliphatic heterocycles. The van der Waals surface area contributed by atoms with Gasteiger partial charge < -0.3 is 9.64 Å². The summed E-state index contributed by atoms with van der Waals surface area (Å²) in [6, 6.07) is 14.3. The SMILES string of the molecule is CCN(C=COc1cccc2ccccc12)CC. The highest BCUT2D eigenvalue weighted by Crippen LogP contribution is 2.25. The lowest BCUT2D eigenvalue weighted by Gasteiger charge is -2.14. The normalized spacial score (nSPS) is 11.0. The lowest BCUT2D eigenvalue weighted by Crippen LogP contribution is -2.15. The van der Waals surface area contributed by atoms with E-state index in [4.69, 9.17) is 4.74 Å². The summed E-state index contributed by atoms with van der Waals surface area (Å²) in [6.07, 6.45) is 3.75. The van der Waals surface area contributed by atoms with E-state index in [1.54, 1.807) is 6.26 Å². The highest BCUT2D eigenvalue weighted by molar-refractivity contribution is 5.88.